The summed E-state index contributed by atoms with van der Waals surface area (Å²) in [5.41, 5.74) is 3.37. The Hall–Kier alpha value is -3.85. The summed E-state index contributed by atoms with van der Waals surface area (Å²) in [6.45, 7) is 3.11. The van der Waals surface area contributed by atoms with Crippen molar-refractivity contribution in [3.05, 3.63) is 129 Å². The largest absolute Gasteiger partial charge is 0.357 e. The lowest BCUT2D eigenvalue weighted by atomic mass is 10.0. The fourth-order valence-electron chi connectivity index (χ4n) is 4.78. The van der Waals surface area contributed by atoms with Crippen LogP contribution < -0.4 is 9.62 Å². The number of aryl methyl sites for hydroxylation is 2. The van der Waals surface area contributed by atoms with Crippen LogP contribution in [0.4, 0.5) is 5.69 Å². The number of sulfonamides is 1. The summed E-state index contributed by atoms with van der Waals surface area (Å²) in [6.07, 6.45) is 0.211. The van der Waals surface area contributed by atoms with Crippen LogP contribution in [0.3, 0.4) is 0 Å². The first kappa shape index (κ1) is 32.1. The van der Waals surface area contributed by atoms with E-state index in [0.29, 0.717) is 26.9 Å². The van der Waals surface area contributed by atoms with Crippen molar-refractivity contribution in [1.82, 2.24) is 10.2 Å². The van der Waals surface area contributed by atoms with E-state index in [2.05, 4.69) is 5.32 Å². The predicted octanol–water partition coefficient (Wildman–Crippen LogP) is 6.19. The van der Waals surface area contributed by atoms with Crippen LogP contribution >= 0.6 is 23.2 Å². The number of benzene rings is 4. The van der Waals surface area contributed by atoms with Crippen LogP contribution in [-0.2, 0) is 32.6 Å². The number of hydrogen-bond acceptors (Lipinski definition) is 4. The van der Waals surface area contributed by atoms with Gasteiger partial charge < -0.3 is 10.2 Å². The number of nitrogens with zero attached hydrogens (tertiary/aromatic N) is 2. The molecule has 2 amide bonds. The quantitative estimate of drug-likeness (QED) is 0.212. The number of nitrogens with one attached hydrogen (secondary N) is 1. The normalized spacial score (nSPS) is 11.9. The van der Waals surface area contributed by atoms with Crippen molar-refractivity contribution in [3.63, 3.8) is 0 Å². The predicted molar refractivity (Wildman–Crippen MR) is 172 cm³/mol. The van der Waals surface area contributed by atoms with Gasteiger partial charge in [-0.1, -0.05) is 89.9 Å². The molecule has 0 unspecified atom stereocenters. The second kappa shape index (κ2) is 14.1. The fourth-order valence-corrected chi connectivity index (χ4v) is 6.59. The van der Waals surface area contributed by atoms with Crippen LogP contribution in [0.2, 0.25) is 10.0 Å². The lowest BCUT2D eigenvalue weighted by molar-refractivity contribution is -0.139. The van der Waals surface area contributed by atoms with Gasteiger partial charge in [-0.25, -0.2) is 8.42 Å². The van der Waals surface area contributed by atoms with E-state index >= 15 is 0 Å². The monoisotopic (exact) mass is 637 g/mol. The van der Waals surface area contributed by atoms with Gasteiger partial charge in [0.2, 0.25) is 11.8 Å². The van der Waals surface area contributed by atoms with E-state index in [1.807, 2.05) is 49.4 Å². The lowest BCUT2D eigenvalue weighted by Crippen LogP contribution is -2.53. The number of hydrogen-bond donors (Lipinski definition) is 1. The number of likely N-dealkylation sites (N-methyl/N-ethyl adjacent to an activating group) is 1. The SMILES string of the molecule is CNC(=O)[C@@H](Cc1ccccc1)N(Cc1ccc(Cl)c(Cl)c1)C(=O)CN(c1cc(C)ccc1C)S(=O)(=O)c1ccccc1. The number of amides is 2. The molecule has 224 valence electrons. The molecule has 7 nitrogen and oxygen atoms in total. The number of carbonyl (C=O) groups excluding carboxylic acids is 2. The third-order valence-corrected chi connectivity index (χ3v) is 9.61. The van der Waals surface area contributed by atoms with Crippen LogP contribution in [0.15, 0.2) is 102 Å². The van der Waals surface area contributed by atoms with Crippen molar-refractivity contribution < 1.29 is 18.0 Å². The molecule has 0 saturated carbocycles. The molecule has 1 N–H and O–H groups in total. The van der Waals surface area contributed by atoms with Crippen molar-refractivity contribution in [1.29, 1.82) is 0 Å². The van der Waals surface area contributed by atoms with E-state index in [9.17, 15) is 18.0 Å². The molecule has 0 radical (unpaired) electrons. The highest BCUT2D eigenvalue weighted by Gasteiger charge is 2.34. The second-order valence-corrected chi connectivity index (χ2v) is 12.9. The molecule has 0 saturated heterocycles. The average Bonchev–Trinajstić information content (AvgIpc) is 3.01. The Labute approximate surface area is 263 Å². The molecule has 4 aromatic rings. The molecule has 0 aliphatic carbocycles. The maximum atomic E-state index is 14.4. The Kier molecular flexibility index (Phi) is 10.5. The van der Waals surface area contributed by atoms with E-state index in [1.165, 1.54) is 24.1 Å². The summed E-state index contributed by atoms with van der Waals surface area (Å²) < 4.78 is 29.3. The molecule has 0 aromatic heterocycles. The Morgan fingerprint density at radius 2 is 1.47 bits per heavy atom. The highest BCUT2D eigenvalue weighted by Crippen LogP contribution is 2.29. The van der Waals surface area contributed by atoms with Gasteiger partial charge in [-0.05, 0) is 66.4 Å². The topological polar surface area (TPSA) is 86.8 Å². The summed E-state index contributed by atoms with van der Waals surface area (Å²) in [4.78, 5) is 29.2. The minimum atomic E-state index is -4.17. The minimum absolute atomic E-state index is 0.00728. The van der Waals surface area contributed by atoms with Gasteiger partial charge in [0, 0.05) is 20.0 Å². The summed E-state index contributed by atoms with van der Waals surface area (Å²) >= 11 is 12.4. The van der Waals surface area contributed by atoms with Gasteiger partial charge in [0.05, 0.1) is 20.6 Å². The van der Waals surface area contributed by atoms with Crippen LogP contribution in [0.5, 0.6) is 0 Å². The van der Waals surface area contributed by atoms with Crippen molar-refractivity contribution in [2.45, 2.75) is 37.8 Å². The van der Waals surface area contributed by atoms with Crippen LogP contribution in [0.1, 0.15) is 22.3 Å². The Bertz CT molecular complexity index is 1700. The zero-order valence-electron chi connectivity index (χ0n) is 24.1. The van der Waals surface area contributed by atoms with Gasteiger partial charge in [0.15, 0.2) is 0 Å². The summed E-state index contributed by atoms with van der Waals surface area (Å²) in [5, 5.41) is 3.33. The first-order chi connectivity index (χ1) is 20.5. The molecule has 4 rings (SSSR count). The molecule has 1 atom stereocenters. The Morgan fingerprint density at radius 1 is 0.814 bits per heavy atom. The zero-order chi connectivity index (χ0) is 31.1. The maximum absolute atomic E-state index is 14.4. The van der Waals surface area contributed by atoms with E-state index in [-0.39, 0.29) is 23.8 Å². The van der Waals surface area contributed by atoms with Gasteiger partial charge >= 0.3 is 0 Å². The van der Waals surface area contributed by atoms with Crippen LogP contribution in [-0.4, -0.2) is 44.8 Å². The molecule has 10 heteroatoms. The average molecular weight is 639 g/mol. The minimum Gasteiger partial charge on any atom is -0.357 e. The number of halogens is 2. The molecule has 0 heterocycles. The molecule has 0 fully saturated rings. The number of rotatable bonds is 11. The van der Waals surface area contributed by atoms with Gasteiger partial charge in [-0.3, -0.25) is 13.9 Å². The van der Waals surface area contributed by atoms with Gasteiger partial charge in [-0.2, -0.15) is 0 Å². The highest BCUT2D eigenvalue weighted by molar-refractivity contribution is 7.92. The zero-order valence-corrected chi connectivity index (χ0v) is 26.5. The van der Waals surface area contributed by atoms with E-state index in [1.54, 1.807) is 49.4 Å². The number of carbonyl (C=O) groups is 2. The van der Waals surface area contributed by atoms with Crippen molar-refractivity contribution in [2.24, 2.45) is 0 Å². The summed E-state index contributed by atoms with van der Waals surface area (Å²) in [7, 11) is -2.67. The van der Waals surface area contributed by atoms with Gasteiger partial charge in [-0.15, -0.1) is 0 Å². The third kappa shape index (κ3) is 7.76. The van der Waals surface area contributed by atoms with Gasteiger partial charge in [0.1, 0.15) is 12.6 Å². The summed E-state index contributed by atoms with van der Waals surface area (Å²) in [6, 6.07) is 26.8. The molecule has 43 heavy (non-hydrogen) atoms. The van der Waals surface area contributed by atoms with Crippen molar-refractivity contribution in [2.75, 3.05) is 17.9 Å². The van der Waals surface area contributed by atoms with Crippen LogP contribution in [0.25, 0.3) is 0 Å². The third-order valence-electron chi connectivity index (χ3n) is 7.10. The van der Waals surface area contributed by atoms with Gasteiger partial charge in [0.25, 0.3) is 10.0 Å². The molecular formula is C33H33Cl2N3O4S. The summed E-state index contributed by atoms with van der Waals surface area (Å²) in [5.74, 6) is -0.947. The second-order valence-electron chi connectivity index (χ2n) is 10.2. The first-order valence-corrected chi connectivity index (χ1v) is 15.8. The Balaban J connectivity index is 1.82. The van der Waals surface area contributed by atoms with Crippen LogP contribution in [0, 0.1) is 13.8 Å². The Morgan fingerprint density at radius 3 is 2.09 bits per heavy atom. The molecule has 4 aromatic carbocycles. The standard InChI is InChI=1S/C33H33Cl2N3O4S/c1-23-14-15-24(2)30(18-23)38(43(41,42)27-12-8-5-9-13-27)22-32(39)37(21-26-16-17-28(34)29(35)19-26)31(33(40)36-3)20-25-10-6-4-7-11-25/h4-19,31H,20-22H2,1-3H3,(H,36,40)/t31-/m1/s1. The van der Waals surface area contributed by atoms with Crippen molar-refractivity contribution >= 4 is 50.7 Å². The molecule has 0 spiro atoms. The van der Waals surface area contributed by atoms with E-state index in [4.69, 9.17) is 23.2 Å². The maximum Gasteiger partial charge on any atom is 0.264 e. The molecule has 0 aliphatic rings. The number of anilines is 1. The molecule has 0 aliphatic heterocycles. The highest BCUT2D eigenvalue weighted by atomic mass is 35.5. The van der Waals surface area contributed by atoms with E-state index in [0.717, 1.165) is 15.4 Å². The van der Waals surface area contributed by atoms with E-state index < -0.39 is 28.5 Å². The molecule has 0 bridgehead atoms. The van der Waals surface area contributed by atoms with Crippen molar-refractivity contribution in [3.8, 4) is 0 Å². The molecular weight excluding hydrogens is 605 g/mol. The lowest BCUT2D eigenvalue weighted by Gasteiger charge is -2.34. The fraction of sp³-hybridized carbons (Fsp3) is 0.212. The first-order valence-electron chi connectivity index (χ1n) is 13.6. The smallest absolute Gasteiger partial charge is 0.264 e.